The Bertz CT molecular complexity index is 848. The number of fused-ring (bicyclic) bond motifs is 5. The number of esters is 1. The lowest BCUT2D eigenvalue weighted by molar-refractivity contribution is -0.157. The highest BCUT2D eigenvalue weighted by atomic mass is 16.5. The van der Waals surface area contributed by atoms with Gasteiger partial charge in [0, 0.05) is 5.56 Å². The van der Waals surface area contributed by atoms with Crippen LogP contribution in [0.3, 0.4) is 0 Å². The van der Waals surface area contributed by atoms with Crippen molar-refractivity contribution in [3.63, 3.8) is 0 Å². The third-order valence-electron chi connectivity index (χ3n) is 6.86. The highest BCUT2D eigenvalue weighted by Gasteiger charge is 2.62. The fraction of sp³-hybridized carbons (Fsp3) is 0.545. The molecule has 4 rings (SSSR count). The molecular formula is C22H25NO5. The Hall–Kier alpha value is -2.50. The summed E-state index contributed by atoms with van der Waals surface area (Å²) in [4.78, 5) is 51.4. The van der Waals surface area contributed by atoms with Crippen molar-refractivity contribution in [3.05, 3.63) is 34.9 Å². The molecule has 2 aliphatic carbocycles. The molecule has 0 N–H and O–H groups in total. The van der Waals surface area contributed by atoms with Crippen LogP contribution in [0.1, 0.15) is 47.7 Å². The van der Waals surface area contributed by atoms with Gasteiger partial charge in [0.15, 0.2) is 12.4 Å². The zero-order chi connectivity index (χ0) is 20.2. The standard InChI is InChI=1S/C22H25NO5/c1-11-4-5-14(8-12(11)2)17(24)10-28-22(27)13(3)23-20(25)18-15-6-7-16(9-15)19(18)21(23)26/h4-5,8,13,15-16,18-19H,6-7,9-10H2,1-3H3/t13-,15-,16+,18+,19+/m1/s1. The molecule has 2 saturated carbocycles. The number of nitrogens with zero attached hydrogens (tertiary/aromatic N) is 1. The second-order valence-corrected chi connectivity index (χ2v) is 8.44. The van der Waals surface area contributed by atoms with Crippen LogP contribution < -0.4 is 0 Å². The summed E-state index contributed by atoms with van der Waals surface area (Å²) in [7, 11) is 0. The number of hydrogen-bond donors (Lipinski definition) is 0. The van der Waals surface area contributed by atoms with Crippen molar-refractivity contribution in [3.8, 4) is 0 Å². The second-order valence-electron chi connectivity index (χ2n) is 8.44. The fourth-order valence-electron chi connectivity index (χ4n) is 5.17. The number of ketones is 1. The van der Waals surface area contributed by atoms with E-state index >= 15 is 0 Å². The van der Waals surface area contributed by atoms with Crippen LogP contribution in [0.5, 0.6) is 0 Å². The highest BCUT2D eigenvalue weighted by molar-refractivity contribution is 6.08. The van der Waals surface area contributed by atoms with Crippen LogP contribution in [0.4, 0.5) is 0 Å². The first-order valence-electron chi connectivity index (χ1n) is 9.93. The predicted octanol–water partition coefficient (Wildman–Crippen LogP) is 2.45. The average molecular weight is 383 g/mol. The number of Topliss-reactive ketones (excluding diaryl/α,β-unsaturated/α-hetero) is 1. The molecule has 1 aromatic rings. The van der Waals surface area contributed by atoms with E-state index in [1.807, 2.05) is 19.9 Å². The molecular weight excluding hydrogens is 358 g/mol. The Labute approximate surface area is 164 Å². The molecule has 3 aliphatic rings. The third-order valence-corrected chi connectivity index (χ3v) is 6.86. The van der Waals surface area contributed by atoms with Crippen molar-refractivity contribution in [1.82, 2.24) is 4.90 Å². The summed E-state index contributed by atoms with van der Waals surface area (Å²) in [5, 5.41) is 0. The van der Waals surface area contributed by atoms with E-state index in [1.165, 1.54) is 6.92 Å². The number of rotatable bonds is 5. The van der Waals surface area contributed by atoms with Crippen molar-refractivity contribution in [2.24, 2.45) is 23.7 Å². The summed E-state index contributed by atoms with van der Waals surface area (Å²) >= 11 is 0. The summed E-state index contributed by atoms with van der Waals surface area (Å²) < 4.78 is 5.16. The molecule has 148 valence electrons. The minimum absolute atomic E-state index is 0.243. The van der Waals surface area contributed by atoms with E-state index in [0.717, 1.165) is 35.3 Å². The summed E-state index contributed by atoms with van der Waals surface area (Å²) in [6, 6.07) is 4.31. The third kappa shape index (κ3) is 2.86. The van der Waals surface area contributed by atoms with E-state index in [4.69, 9.17) is 4.74 Å². The molecule has 5 atom stereocenters. The number of carbonyl (C=O) groups excluding carboxylic acids is 4. The molecule has 1 heterocycles. The van der Waals surface area contributed by atoms with E-state index in [1.54, 1.807) is 12.1 Å². The lowest BCUT2D eigenvalue weighted by Crippen LogP contribution is -2.45. The minimum Gasteiger partial charge on any atom is -0.456 e. The Morgan fingerprint density at radius 2 is 1.68 bits per heavy atom. The zero-order valence-corrected chi connectivity index (χ0v) is 16.4. The molecule has 0 spiro atoms. The topological polar surface area (TPSA) is 80.8 Å². The number of benzene rings is 1. The zero-order valence-electron chi connectivity index (χ0n) is 16.4. The number of hydrogen-bond acceptors (Lipinski definition) is 5. The van der Waals surface area contributed by atoms with Crippen molar-refractivity contribution >= 4 is 23.6 Å². The van der Waals surface area contributed by atoms with Gasteiger partial charge in [-0.3, -0.25) is 19.3 Å². The van der Waals surface area contributed by atoms with Crippen LogP contribution in [-0.2, 0) is 19.1 Å². The number of aryl methyl sites for hydroxylation is 2. The Kier molecular flexibility index (Phi) is 4.60. The number of amides is 2. The van der Waals surface area contributed by atoms with Crippen LogP contribution in [0, 0.1) is 37.5 Å². The second kappa shape index (κ2) is 6.83. The van der Waals surface area contributed by atoms with E-state index in [0.29, 0.717) is 5.56 Å². The minimum atomic E-state index is -1.00. The lowest BCUT2D eigenvalue weighted by Gasteiger charge is -2.23. The Morgan fingerprint density at radius 3 is 2.25 bits per heavy atom. The normalized spacial score (nSPS) is 29.2. The smallest absolute Gasteiger partial charge is 0.329 e. The molecule has 1 saturated heterocycles. The van der Waals surface area contributed by atoms with Gasteiger partial charge in [-0.15, -0.1) is 0 Å². The van der Waals surface area contributed by atoms with Crippen molar-refractivity contribution in [2.45, 2.75) is 46.1 Å². The molecule has 28 heavy (non-hydrogen) atoms. The van der Waals surface area contributed by atoms with Gasteiger partial charge in [-0.2, -0.15) is 0 Å². The van der Waals surface area contributed by atoms with E-state index < -0.39 is 18.6 Å². The Balaban J connectivity index is 1.40. The molecule has 2 amide bonds. The molecule has 1 aromatic carbocycles. The summed E-state index contributed by atoms with van der Waals surface area (Å²) in [6.45, 7) is 4.97. The van der Waals surface area contributed by atoms with Crippen molar-refractivity contribution in [2.75, 3.05) is 6.61 Å². The number of likely N-dealkylation sites (tertiary alicyclic amines) is 1. The first-order chi connectivity index (χ1) is 13.3. The maximum absolute atomic E-state index is 12.8. The summed E-state index contributed by atoms with van der Waals surface area (Å²) in [6.07, 6.45) is 2.92. The van der Waals surface area contributed by atoms with Crippen molar-refractivity contribution < 1.29 is 23.9 Å². The van der Waals surface area contributed by atoms with Crippen LogP contribution in [0.15, 0.2) is 18.2 Å². The molecule has 2 bridgehead atoms. The molecule has 3 fully saturated rings. The van der Waals surface area contributed by atoms with Gasteiger partial charge >= 0.3 is 5.97 Å². The molecule has 0 radical (unpaired) electrons. The van der Waals surface area contributed by atoms with Gasteiger partial charge in [0.2, 0.25) is 11.8 Å². The lowest BCUT2D eigenvalue weighted by atomic mass is 9.81. The quantitative estimate of drug-likeness (QED) is 0.443. The van der Waals surface area contributed by atoms with Gasteiger partial charge in [0.25, 0.3) is 0 Å². The maximum Gasteiger partial charge on any atom is 0.329 e. The SMILES string of the molecule is Cc1ccc(C(=O)COC(=O)[C@@H](C)N2C(=O)[C@H]3[C@@H]4CC[C@@H](C4)[C@@H]3C2=O)cc1C. The van der Waals surface area contributed by atoms with E-state index in [9.17, 15) is 19.2 Å². The largest absolute Gasteiger partial charge is 0.456 e. The van der Waals surface area contributed by atoms with E-state index in [-0.39, 0.29) is 41.3 Å². The first kappa shape index (κ1) is 18.8. The maximum atomic E-state index is 12.8. The van der Waals surface area contributed by atoms with Crippen molar-refractivity contribution in [1.29, 1.82) is 0 Å². The van der Waals surface area contributed by atoms with Crippen LogP contribution in [0.2, 0.25) is 0 Å². The average Bonchev–Trinajstić information content (AvgIpc) is 3.35. The van der Waals surface area contributed by atoms with Crippen LogP contribution >= 0.6 is 0 Å². The summed E-state index contributed by atoms with van der Waals surface area (Å²) in [5.41, 5.74) is 2.54. The predicted molar refractivity (Wildman–Crippen MR) is 100 cm³/mol. The van der Waals surface area contributed by atoms with Crippen LogP contribution in [0.25, 0.3) is 0 Å². The van der Waals surface area contributed by atoms with Gasteiger partial charge in [-0.05, 0) is 69.1 Å². The highest BCUT2D eigenvalue weighted by Crippen LogP contribution is 2.56. The van der Waals surface area contributed by atoms with Gasteiger partial charge in [-0.1, -0.05) is 12.1 Å². The summed E-state index contributed by atoms with van der Waals surface area (Å²) in [5.74, 6) is -1.50. The van der Waals surface area contributed by atoms with Gasteiger partial charge in [0.1, 0.15) is 6.04 Å². The van der Waals surface area contributed by atoms with Gasteiger partial charge < -0.3 is 4.74 Å². The van der Waals surface area contributed by atoms with E-state index in [2.05, 4.69) is 0 Å². The van der Waals surface area contributed by atoms with Gasteiger partial charge in [0.05, 0.1) is 11.8 Å². The number of ether oxygens (including phenoxy) is 1. The first-order valence-corrected chi connectivity index (χ1v) is 9.93. The molecule has 0 aromatic heterocycles. The van der Waals surface area contributed by atoms with Crippen LogP contribution in [-0.4, -0.2) is 41.1 Å². The molecule has 6 heteroatoms. The number of imide groups is 1. The Morgan fingerprint density at radius 1 is 1.07 bits per heavy atom. The molecule has 0 unspecified atom stereocenters. The monoisotopic (exact) mass is 383 g/mol. The van der Waals surface area contributed by atoms with Gasteiger partial charge in [-0.25, -0.2) is 4.79 Å². The fourth-order valence-corrected chi connectivity index (χ4v) is 5.17. The number of carbonyl (C=O) groups is 4. The molecule has 6 nitrogen and oxygen atoms in total. The molecule has 1 aliphatic heterocycles.